The SMILES string of the molecule is COCCOc1nc(-c2cccc(C(F)(F)F)c2)n(-c2cccc(NC(=O)c3ccccc3F)c2)n1. The van der Waals surface area contributed by atoms with Crippen molar-refractivity contribution in [2.24, 2.45) is 0 Å². The molecule has 3 aromatic carbocycles. The minimum atomic E-state index is -4.55. The van der Waals surface area contributed by atoms with Gasteiger partial charge in [-0.2, -0.15) is 18.2 Å². The van der Waals surface area contributed by atoms with Crippen LogP contribution in [0.1, 0.15) is 15.9 Å². The number of ether oxygens (including phenoxy) is 2. The molecule has 11 heteroatoms. The molecule has 0 aliphatic rings. The van der Waals surface area contributed by atoms with Crippen LogP contribution in [0, 0.1) is 5.82 Å². The van der Waals surface area contributed by atoms with Crippen LogP contribution < -0.4 is 10.1 Å². The van der Waals surface area contributed by atoms with E-state index in [0.717, 1.165) is 12.1 Å². The third-order valence-electron chi connectivity index (χ3n) is 5.02. The predicted molar refractivity (Wildman–Crippen MR) is 124 cm³/mol. The monoisotopic (exact) mass is 500 g/mol. The summed E-state index contributed by atoms with van der Waals surface area (Å²) in [6.45, 7) is 0.381. The Kier molecular flexibility index (Phi) is 7.30. The fourth-order valence-corrected chi connectivity index (χ4v) is 3.33. The second-order valence-corrected chi connectivity index (χ2v) is 7.53. The predicted octanol–water partition coefficient (Wildman–Crippen LogP) is 5.37. The van der Waals surface area contributed by atoms with Gasteiger partial charge in [-0.15, -0.1) is 5.10 Å². The lowest BCUT2D eigenvalue weighted by molar-refractivity contribution is -0.137. The van der Waals surface area contributed by atoms with Crippen LogP contribution in [0.15, 0.2) is 72.8 Å². The van der Waals surface area contributed by atoms with E-state index in [4.69, 9.17) is 9.47 Å². The summed E-state index contributed by atoms with van der Waals surface area (Å²) in [5.41, 5.74) is -0.139. The zero-order valence-corrected chi connectivity index (χ0v) is 18.9. The van der Waals surface area contributed by atoms with Crippen molar-refractivity contribution in [1.29, 1.82) is 0 Å². The van der Waals surface area contributed by atoms with E-state index in [1.165, 1.54) is 54.3 Å². The van der Waals surface area contributed by atoms with E-state index in [0.29, 0.717) is 11.4 Å². The van der Waals surface area contributed by atoms with Gasteiger partial charge in [-0.05, 0) is 42.5 Å². The second-order valence-electron chi connectivity index (χ2n) is 7.53. The number of nitrogens with one attached hydrogen (secondary N) is 1. The molecule has 0 aliphatic heterocycles. The zero-order valence-electron chi connectivity index (χ0n) is 18.9. The lowest BCUT2D eigenvalue weighted by Gasteiger charge is -2.11. The second kappa shape index (κ2) is 10.6. The number of amides is 1. The summed E-state index contributed by atoms with van der Waals surface area (Å²) in [7, 11) is 1.49. The number of rotatable bonds is 8. The first-order valence-electron chi connectivity index (χ1n) is 10.7. The molecule has 4 aromatic rings. The van der Waals surface area contributed by atoms with Crippen molar-refractivity contribution in [2.45, 2.75) is 6.18 Å². The molecule has 36 heavy (non-hydrogen) atoms. The molecule has 0 radical (unpaired) electrons. The number of alkyl halides is 3. The van der Waals surface area contributed by atoms with Gasteiger partial charge in [0, 0.05) is 18.4 Å². The molecular formula is C25H20F4N4O3. The molecule has 186 valence electrons. The first kappa shape index (κ1) is 24.9. The van der Waals surface area contributed by atoms with Crippen LogP contribution in [0.4, 0.5) is 23.2 Å². The molecule has 0 aliphatic carbocycles. The average molecular weight is 500 g/mol. The number of aromatic nitrogens is 3. The van der Waals surface area contributed by atoms with Crippen molar-refractivity contribution < 1.29 is 31.8 Å². The molecule has 0 fully saturated rings. The summed E-state index contributed by atoms with van der Waals surface area (Å²) in [6.07, 6.45) is -4.55. The molecule has 1 amide bonds. The van der Waals surface area contributed by atoms with E-state index in [9.17, 15) is 22.4 Å². The van der Waals surface area contributed by atoms with Gasteiger partial charge in [0.15, 0.2) is 5.82 Å². The van der Waals surface area contributed by atoms with Gasteiger partial charge in [0.05, 0.1) is 23.4 Å². The molecular weight excluding hydrogens is 480 g/mol. The molecule has 1 aromatic heterocycles. The van der Waals surface area contributed by atoms with Crippen molar-refractivity contribution in [3.05, 3.63) is 89.7 Å². The highest BCUT2D eigenvalue weighted by atomic mass is 19.4. The molecule has 0 spiro atoms. The Labute approximate surface area is 203 Å². The van der Waals surface area contributed by atoms with Crippen molar-refractivity contribution in [2.75, 3.05) is 25.6 Å². The topological polar surface area (TPSA) is 78.3 Å². The lowest BCUT2D eigenvalue weighted by atomic mass is 10.1. The quantitative estimate of drug-likeness (QED) is 0.260. The Balaban J connectivity index is 1.71. The summed E-state index contributed by atoms with van der Waals surface area (Å²) in [6, 6.07) is 16.5. The number of nitrogens with zero attached hydrogens (tertiary/aromatic N) is 3. The Bertz CT molecular complexity index is 1370. The van der Waals surface area contributed by atoms with E-state index < -0.39 is 23.5 Å². The normalized spacial score (nSPS) is 11.4. The van der Waals surface area contributed by atoms with Crippen molar-refractivity contribution in [1.82, 2.24) is 14.8 Å². The number of benzene rings is 3. The number of halogens is 4. The molecule has 0 unspecified atom stereocenters. The smallest absolute Gasteiger partial charge is 0.416 e. The van der Waals surface area contributed by atoms with Gasteiger partial charge in [0.2, 0.25) is 0 Å². The van der Waals surface area contributed by atoms with Gasteiger partial charge in [-0.3, -0.25) is 4.79 Å². The highest BCUT2D eigenvalue weighted by Gasteiger charge is 2.31. The third kappa shape index (κ3) is 5.69. The van der Waals surface area contributed by atoms with Crippen molar-refractivity contribution in [3.63, 3.8) is 0 Å². The summed E-state index contributed by atoms with van der Waals surface area (Å²) in [4.78, 5) is 16.8. The van der Waals surface area contributed by atoms with Crippen LogP contribution in [-0.4, -0.2) is 41.0 Å². The number of hydrogen-bond acceptors (Lipinski definition) is 5. The number of carbonyl (C=O) groups is 1. The molecule has 1 N–H and O–H groups in total. The van der Waals surface area contributed by atoms with Crippen LogP contribution in [0.5, 0.6) is 6.01 Å². The molecule has 0 saturated heterocycles. The molecule has 4 rings (SSSR count). The highest BCUT2D eigenvalue weighted by molar-refractivity contribution is 6.04. The molecule has 7 nitrogen and oxygen atoms in total. The summed E-state index contributed by atoms with van der Waals surface area (Å²) in [5, 5.41) is 6.90. The largest absolute Gasteiger partial charge is 0.460 e. The minimum Gasteiger partial charge on any atom is -0.460 e. The zero-order chi connectivity index (χ0) is 25.7. The van der Waals surface area contributed by atoms with Crippen LogP contribution in [0.3, 0.4) is 0 Å². The standard InChI is InChI=1S/C25H20F4N4O3/c1-35-12-13-36-24-31-22(16-6-4-7-17(14-16)25(27,28)29)33(32-24)19-9-5-8-18(15-19)30-23(34)20-10-2-3-11-21(20)26/h2-11,14-15H,12-13H2,1H3,(H,30,34). The van der Waals surface area contributed by atoms with E-state index in [2.05, 4.69) is 15.4 Å². The number of hydrogen-bond donors (Lipinski definition) is 1. The van der Waals surface area contributed by atoms with E-state index >= 15 is 0 Å². The first-order valence-corrected chi connectivity index (χ1v) is 10.7. The van der Waals surface area contributed by atoms with Gasteiger partial charge < -0.3 is 14.8 Å². The van der Waals surface area contributed by atoms with Crippen molar-refractivity contribution in [3.8, 4) is 23.1 Å². The van der Waals surface area contributed by atoms with E-state index in [1.54, 1.807) is 18.2 Å². The maximum Gasteiger partial charge on any atom is 0.416 e. The summed E-state index contributed by atoms with van der Waals surface area (Å²) < 4.78 is 65.6. The van der Waals surface area contributed by atoms with Crippen LogP contribution >= 0.6 is 0 Å². The van der Waals surface area contributed by atoms with E-state index in [1.807, 2.05) is 0 Å². The van der Waals surface area contributed by atoms with E-state index in [-0.39, 0.29) is 36.2 Å². The lowest BCUT2D eigenvalue weighted by Crippen LogP contribution is -2.14. The molecule has 0 saturated carbocycles. The molecule has 0 bridgehead atoms. The minimum absolute atomic E-state index is 0.0692. The fraction of sp³-hybridized carbons (Fsp3) is 0.160. The highest BCUT2D eigenvalue weighted by Crippen LogP contribution is 2.33. The van der Waals surface area contributed by atoms with Crippen LogP contribution in [-0.2, 0) is 10.9 Å². The molecule has 0 atom stereocenters. The van der Waals surface area contributed by atoms with Gasteiger partial charge in [0.25, 0.3) is 5.91 Å². The number of anilines is 1. The number of carbonyl (C=O) groups excluding carboxylic acids is 1. The number of methoxy groups -OCH3 is 1. The fourth-order valence-electron chi connectivity index (χ4n) is 3.33. The Morgan fingerprint density at radius 3 is 2.53 bits per heavy atom. The molecule has 1 heterocycles. The first-order chi connectivity index (χ1) is 17.3. The summed E-state index contributed by atoms with van der Waals surface area (Å²) in [5.74, 6) is -1.25. The van der Waals surface area contributed by atoms with Crippen LogP contribution in [0.25, 0.3) is 17.1 Å². The van der Waals surface area contributed by atoms with Gasteiger partial charge >= 0.3 is 12.2 Å². The Hall–Kier alpha value is -4.25. The van der Waals surface area contributed by atoms with Crippen LogP contribution in [0.2, 0.25) is 0 Å². The Morgan fingerprint density at radius 1 is 1.00 bits per heavy atom. The third-order valence-corrected chi connectivity index (χ3v) is 5.02. The van der Waals surface area contributed by atoms with Crippen molar-refractivity contribution >= 4 is 11.6 Å². The van der Waals surface area contributed by atoms with Gasteiger partial charge in [-0.25, -0.2) is 9.07 Å². The van der Waals surface area contributed by atoms with Gasteiger partial charge in [-0.1, -0.05) is 30.3 Å². The van der Waals surface area contributed by atoms with Gasteiger partial charge in [0.1, 0.15) is 12.4 Å². The Morgan fingerprint density at radius 2 is 1.78 bits per heavy atom. The maximum atomic E-state index is 14.0. The average Bonchev–Trinajstić information content (AvgIpc) is 3.28. The summed E-state index contributed by atoms with van der Waals surface area (Å²) >= 11 is 0. The maximum absolute atomic E-state index is 14.0.